The number of rotatable bonds is 6. The smallest absolute Gasteiger partial charge is 0.175 e. The van der Waals surface area contributed by atoms with Crippen LogP contribution in [0.5, 0.6) is 5.75 Å². The maximum Gasteiger partial charge on any atom is 0.175 e. The molecule has 0 aliphatic rings. The van der Waals surface area contributed by atoms with Crippen LogP contribution >= 0.6 is 0 Å². The average molecular weight is 305 g/mol. The molecule has 0 atom stereocenters. The van der Waals surface area contributed by atoms with Crippen molar-refractivity contribution in [2.75, 3.05) is 18.2 Å². The van der Waals surface area contributed by atoms with Gasteiger partial charge in [-0.25, -0.2) is 8.42 Å². The second-order valence-corrected chi connectivity index (χ2v) is 6.75. The zero-order chi connectivity index (χ0) is 15.3. The highest BCUT2D eigenvalue weighted by molar-refractivity contribution is 7.90. The molecule has 0 radical (unpaired) electrons. The van der Waals surface area contributed by atoms with Gasteiger partial charge in [0, 0.05) is 18.5 Å². The Morgan fingerprint density at radius 1 is 1.10 bits per heavy atom. The van der Waals surface area contributed by atoms with Gasteiger partial charge in [0.2, 0.25) is 0 Å². The van der Waals surface area contributed by atoms with Crippen molar-refractivity contribution in [2.45, 2.75) is 18.4 Å². The first kappa shape index (κ1) is 15.4. The zero-order valence-electron chi connectivity index (χ0n) is 12.2. The molecule has 0 amide bonds. The molecule has 21 heavy (non-hydrogen) atoms. The van der Waals surface area contributed by atoms with Gasteiger partial charge in [0.15, 0.2) is 9.84 Å². The lowest BCUT2D eigenvalue weighted by Gasteiger charge is -2.09. The highest BCUT2D eigenvalue weighted by atomic mass is 32.2. The third-order valence-electron chi connectivity index (χ3n) is 2.99. The van der Waals surface area contributed by atoms with Crippen LogP contribution in [0.2, 0.25) is 0 Å². The molecule has 5 heteroatoms. The van der Waals surface area contributed by atoms with E-state index in [1.165, 1.54) is 6.26 Å². The Labute approximate surface area is 125 Å². The van der Waals surface area contributed by atoms with Crippen molar-refractivity contribution in [1.29, 1.82) is 0 Å². The predicted molar refractivity (Wildman–Crippen MR) is 84.5 cm³/mol. The maximum atomic E-state index is 11.4. The minimum atomic E-state index is -3.14. The summed E-state index contributed by atoms with van der Waals surface area (Å²) in [5.74, 6) is 0.851. The van der Waals surface area contributed by atoms with E-state index in [4.69, 9.17) is 4.74 Å². The number of hydrogen-bond donors (Lipinski definition) is 1. The van der Waals surface area contributed by atoms with Gasteiger partial charge in [0.1, 0.15) is 5.75 Å². The molecular formula is C16H19NO3S. The van der Waals surface area contributed by atoms with Gasteiger partial charge in [0.05, 0.1) is 11.5 Å². The molecule has 2 aromatic rings. The number of ether oxygens (including phenoxy) is 1. The van der Waals surface area contributed by atoms with Gasteiger partial charge in [-0.15, -0.1) is 0 Å². The zero-order valence-corrected chi connectivity index (χ0v) is 13.0. The molecule has 4 nitrogen and oxygen atoms in total. The summed E-state index contributed by atoms with van der Waals surface area (Å²) in [6.45, 7) is 3.25. The number of nitrogens with one attached hydrogen (secondary N) is 1. The third kappa shape index (κ3) is 4.49. The number of hydrogen-bond acceptors (Lipinski definition) is 4. The lowest BCUT2D eigenvalue weighted by Crippen LogP contribution is -2.01. The Kier molecular flexibility index (Phi) is 4.85. The standard InChI is InChI=1S/C16H19NO3S/c1-3-20-15-6-4-5-13(11-15)12-17-14-7-9-16(10-8-14)21(2,18)19/h4-11,17H,3,12H2,1-2H3. The predicted octanol–water partition coefficient (Wildman–Crippen LogP) is 3.10. The monoisotopic (exact) mass is 305 g/mol. The number of benzene rings is 2. The van der Waals surface area contributed by atoms with Crippen LogP contribution in [0, 0.1) is 0 Å². The van der Waals surface area contributed by atoms with Crippen molar-refractivity contribution < 1.29 is 13.2 Å². The van der Waals surface area contributed by atoms with Crippen molar-refractivity contribution in [2.24, 2.45) is 0 Å². The van der Waals surface area contributed by atoms with Crippen LogP contribution < -0.4 is 10.1 Å². The molecule has 0 bridgehead atoms. The van der Waals surface area contributed by atoms with E-state index in [2.05, 4.69) is 5.32 Å². The van der Waals surface area contributed by atoms with Crippen LogP contribution in [0.25, 0.3) is 0 Å². The Hall–Kier alpha value is -2.01. The van der Waals surface area contributed by atoms with E-state index in [0.717, 1.165) is 17.0 Å². The van der Waals surface area contributed by atoms with E-state index in [-0.39, 0.29) is 0 Å². The van der Waals surface area contributed by atoms with Gasteiger partial charge in [0.25, 0.3) is 0 Å². The largest absolute Gasteiger partial charge is 0.494 e. The lowest BCUT2D eigenvalue weighted by molar-refractivity contribution is 0.340. The van der Waals surface area contributed by atoms with Gasteiger partial charge in [-0.3, -0.25) is 0 Å². The highest BCUT2D eigenvalue weighted by Gasteiger charge is 2.05. The molecule has 0 saturated heterocycles. The van der Waals surface area contributed by atoms with Crippen LogP contribution in [0.15, 0.2) is 53.4 Å². The fraction of sp³-hybridized carbons (Fsp3) is 0.250. The summed E-state index contributed by atoms with van der Waals surface area (Å²) in [4.78, 5) is 0.325. The summed E-state index contributed by atoms with van der Waals surface area (Å²) in [6.07, 6.45) is 1.20. The summed E-state index contributed by atoms with van der Waals surface area (Å²) >= 11 is 0. The molecule has 0 spiro atoms. The van der Waals surface area contributed by atoms with Crippen molar-refractivity contribution >= 4 is 15.5 Å². The van der Waals surface area contributed by atoms with Crippen molar-refractivity contribution in [3.8, 4) is 5.75 Å². The molecular weight excluding hydrogens is 286 g/mol. The molecule has 0 saturated carbocycles. The molecule has 0 aliphatic carbocycles. The molecule has 0 unspecified atom stereocenters. The molecule has 0 aromatic heterocycles. The molecule has 112 valence electrons. The summed E-state index contributed by atoms with van der Waals surface area (Å²) < 4.78 is 28.2. The summed E-state index contributed by atoms with van der Waals surface area (Å²) in [5, 5.41) is 3.26. The van der Waals surface area contributed by atoms with Crippen molar-refractivity contribution in [1.82, 2.24) is 0 Å². The van der Waals surface area contributed by atoms with Crippen LogP contribution in [-0.2, 0) is 16.4 Å². The van der Waals surface area contributed by atoms with Crippen LogP contribution in [0.4, 0.5) is 5.69 Å². The van der Waals surface area contributed by atoms with E-state index in [0.29, 0.717) is 18.0 Å². The summed E-state index contributed by atoms with van der Waals surface area (Å²) in [5.41, 5.74) is 1.98. The molecule has 0 fully saturated rings. The van der Waals surface area contributed by atoms with E-state index >= 15 is 0 Å². The second-order valence-electron chi connectivity index (χ2n) is 4.73. The van der Waals surface area contributed by atoms with Crippen molar-refractivity contribution in [3.05, 3.63) is 54.1 Å². The molecule has 2 aromatic carbocycles. The third-order valence-corrected chi connectivity index (χ3v) is 4.12. The number of anilines is 1. The molecule has 1 N–H and O–H groups in total. The average Bonchev–Trinajstić information content (AvgIpc) is 2.45. The Balaban J connectivity index is 2.01. The van der Waals surface area contributed by atoms with E-state index in [1.54, 1.807) is 24.3 Å². The van der Waals surface area contributed by atoms with E-state index in [1.807, 2.05) is 31.2 Å². The molecule has 2 rings (SSSR count). The SMILES string of the molecule is CCOc1cccc(CNc2ccc(S(C)(=O)=O)cc2)c1. The Morgan fingerprint density at radius 2 is 1.81 bits per heavy atom. The second kappa shape index (κ2) is 6.63. The maximum absolute atomic E-state index is 11.4. The summed E-state index contributed by atoms with van der Waals surface area (Å²) in [7, 11) is -3.14. The molecule has 0 aliphatic heterocycles. The van der Waals surface area contributed by atoms with Crippen LogP contribution in [0.3, 0.4) is 0 Å². The number of sulfone groups is 1. The normalized spacial score (nSPS) is 11.1. The van der Waals surface area contributed by atoms with Gasteiger partial charge in [-0.05, 0) is 48.9 Å². The lowest BCUT2D eigenvalue weighted by atomic mass is 10.2. The van der Waals surface area contributed by atoms with Crippen LogP contribution in [-0.4, -0.2) is 21.3 Å². The fourth-order valence-corrected chi connectivity index (χ4v) is 2.57. The Morgan fingerprint density at radius 3 is 2.43 bits per heavy atom. The Bertz CT molecular complexity index is 694. The van der Waals surface area contributed by atoms with Gasteiger partial charge >= 0.3 is 0 Å². The minimum Gasteiger partial charge on any atom is -0.494 e. The van der Waals surface area contributed by atoms with Gasteiger partial charge in [-0.1, -0.05) is 12.1 Å². The quantitative estimate of drug-likeness (QED) is 0.891. The fourth-order valence-electron chi connectivity index (χ4n) is 1.94. The van der Waals surface area contributed by atoms with E-state index in [9.17, 15) is 8.42 Å². The van der Waals surface area contributed by atoms with E-state index < -0.39 is 9.84 Å². The summed E-state index contributed by atoms with van der Waals surface area (Å²) in [6, 6.07) is 14.6. The molecule has 0 heterocycles. The first-order chi connectivity index (χ1) is 9.99. The van der Waals surface area contributed by atoms with Crippen LogP contribution in [0.1, 0.15) is 12.5 Å². The minimum absolute atomic E-state index is 0.325. The van der Waals surface area contributed by atoms with Crippen molar-refractivity contribution in [3.63, 3.8) is 0 Å². The first-order valence-corrected chi connectivity index (χ1v) is 8.64. The highest BCUT2D eigenvalue weighted by Crippen LogP contribution is 2.17. The van der Waals surface area contributed by atoms with Gasteiger partial charge < -0.3 is 10.1 Å². The van der Waals surface area contributed by atoms with Gasteiger partial charge in [-0.2, -0.15) is 0 Å². The topological polar surface area (TPSA) is 55.4 Å². The first-order valence-electron chi connectivity index (χ1n) is 6.75.